The van der Waals surface area contributed by atoms with E-state index >= 15 is 0 Å². The molecule has 2 aromatic heterocycles. The molecule has 2 aromatic rings. The molecule has 0 spiro atoms. The Hall–Kier alpha value is -1.34. The van der Waals surface area contributed by atoms with Gasteiger partial charge in [0.1, 0.15) is 5.82 Å². The van der Waals surface area contributed by atoms with Crippen LogP contribution in [0.3, 0.4) is 0 Å². The molecule has 1 fully saturated rings. The molecule has 118 valence electrons. The third-order valence-corrected chi connectivity index (χ3v) is 4.93. The lowest BCUT2D eigenvalue weighted by Crippen LogP contribution is -2.38. The first-order valence-corrected chi connectivity index (χ1v) is 9.52. The topological polar surface area (TPSA) is 51.1 Å². The summed E-state index contributed by atoms with van der Waals surface area (Å²) >= 11 is 3.14. The summed E-state index contributed by atoms with van der Waals surface area (Å²) in [5.74, 6) is 1.56. The van der Waals surface area contributed by atoms with E-state index < -0.39 is 0 Å². The third kappa shape index (κ3) is 3.89. The SMILES string of the molecule is CSc1nc(C)cc(N2CCCC(COc3nccs3)C2)n1. The Bertz CT molecular complexity index is 606. The van der Waals surface area contributed by atoms with Crippen molar-refractivity contribution in [2.75, 3.05) is 30.9 Å². The van der Waals surface area contributed by atoms with E-state index in [2.05, 4.69) is 25.9 Å². The average molecular weight is 336 g/mol. The molecule has 3 rings (SSSR count). The molecule has 0 saturated carbocycles. The summed E-state index contributed by atoms with van der Waals surface area (Å²) in [4.78, 5) is 15.6. The summed E-state index contributed by atoms with van der Waals surface area (Å²) in [7, 11) is 0. The van der Waals surface area contributed by atoms with Crippen LogP contribution in [0.15, 0.2) is 22.8 Å². The predicted octanol–water partition coefficient (Wildman–Crippen LogP) is 3.26. The molecular weight excluding hydrogens is 316 g/mol. The number of hydrogen-bond acceptors (Lipinski definition) is 7. The minimum Gasteiger partial charge on any atom is -0.470 e. The molecule has 1 aliphatic rings. The fourth-order valence-electron chi connectivity index (χ4n) is 2.66. The number of nitrogens with zero attached hydrogens (tertiary/aromatic N) is 4. The number of thiazole rings is 1. The smallest absolute Gasteiger partial charge is 0.273 e. The molecular formula is C15H20N4OS2. The lowest BCUT2D eigenvalue weighted by Gasteiger charge is -2.33. The number of ether oxygens (including phenoxy) is 1. The monoisotopic (exact) mass is 336 g/mol. The predicted molar refractivity (Wildman–Crippen MR) is 91.1 cm³/mol. The molecule has 3 heterocycles. The number of aromatic nitrogens is 3. The standard InChI is InChI=1S/C15H20N4OS2/c1-11-8-13(18-14(17-11)21-2)19-6-3-4-12(9-19)10-20-15-16-5-7-22-15/h5,7-8,12H,3-4,6,9-10H2,1-2H3. The molecule has 0 radical (unpaired) electrons. The lowest BCUT2D eigenvalue weighted by atomic mass is 9.99. The van der Waals surface area contributed by atoms with Crippen molar-refractivity contribution in [3.05, 3.63) is 23.3 Å². The Morgan fingerprint density at radius 3 is 3.14 bits per heavy atom. The van der Waals surface area contributed by atoms with Gasteiger partial charge in [-0.05, 0) is 26.0 Å². The van der Waals surface area contributed by atoms with Crippen LogP contribution in [0.4, 0.5) is 5.82 Å². The van der Waals surface area contributed by atoms with Gasteiger partial charge in [-0.25, -0.2) is 15.0 Å². The largest absolute Gasteiger partial charge is 0.470 e. The molecule has 1 saturated heterocycles. The van der Waals surface area contributed by atoms with E-state index in [9.17, 15) is 0 Å². The Kier molecular flexibility index (Phi) is 5.15. The Morgan fingerprint density at radius 1 is 1.45 bits per heavy atom. The summed E-state index contributed by atoms with van der Waals surface area (Å²) in [5.41, 5.74) is 1.02. The second-order valence-corrected chi connectivity index (χ2v) is 7.05. The molecule has 1 aliphatic heterocycles. The minimum absolute atomic E-state index is 0.519. The van der Waals surface area contributed by atoms with Crippen LogP contribution >= 0.6 is 23.1 Å². The van der Waals surface area contributed by atoms with Gasteiger partial charge in [0.2, 0.25) is 0 Å². The Labute approximate surface area is 139 Å². The fourth-order valence-corrected chi connectivity index (χ4v) is 3.57. The van der Waals surface area contributed by atoms with Crippen LogP contribution < -0.4 is 9.64 Å². The maximum atomic E-state index is 5.78. The fraction of sp³-hybridized carbons (Fsp3) is 0.533. The van der Waals surface area contributed by atoms with Gasteiger partial charge in [0.25, 0.3) is 5.19 Å². The number of thioether (sulfide) groups is 1. The van der Waals surface area contributed by atoms with Gasteiger partial charge in [-0.15, -0.1) is 0 Å². The molecule has 0 bridgehead atoms. The van der Waals surface area contributed by atoms with Gasteiger partial charge in [0.05, 0.1) is 6.61 Å². The summed E-state index contributed by atoms with van der Waals surface area (Å²) < 4.78 is 5.78. The second kappa shape index (κ2) is 7.28. The van der Waals surface area contributed by atoms with Gasteiger partial charge in [-0.3, -0.25) is 0 Å². The molecule has 7 heteroatoms. The van der Waals surface area contributed by atoms with Crippen LogP contribution in [0.2, 0.25) is 0 Å². The van der Waals surface area contributed by atoms with Gasteiger partial charge >= 0.3 is 0 Å². The highest BCUT2D eigenvalue weighted by Crippen LogP contribution is 2.25. The van der Waals surface area contributed by atoms with Gasteiger partial charge in [0.15, 0.2) is 5.16 Å². The number of aryl methyl sites for hydroxylation is 1. The van der Waals surface area contributed by atoms with E-state index in [4.69, 9.17) is 4.74 Å². The molecule has 0 N–H and O–H groups in total. The van der Waals surface area contributed by atoms with Crippen LogP contribution in [0, 0.1) is 12.8 Å². The van der Waals surface area contributed by atoms with E-state index in [0.29, 0.717) is 5.92 Å². The van der Waals surface area contributed by atoms with Crippen LogP contribution in [-0.4, -0.2) is 40.9 Å². The van der Waals surface area contributed by atoms with Crippen molar-refractivity contribution in [2.45, 2.75) is 24.9 Å². The maximum absolute atomic E-state index is 5.78. The van der Waals surface area contributed by atoms with Gasteiger partial charge in [0, 0.05) is 42.3 Å². The molecule has 1 atom stereocenters. The highest BCUT2D eigenvalue weighted by Gasteiger charge is 2.22. The van der Waals surface area contributed by atoms with Crippen LogP contribution in [0.5, 0.6) is 5.19 Å². The van der Waals surface area contributed by atoms with Crippen molar-refractivity contribution < 1.29 is 4.74 Å². The van der Waals surface area contributed by atoms with Crippen LogP contribution in [0.1, 0.15) is 18.5 Å². The Balaban J connectivity index is 1.63. The van der Waals surface area contributed by atoms with Crippen molar-refractivity contribution in [3.8, 4) is 5.19 Å². The Morgan fingerprint density at radius 2 is 2.36 bits per heavy atom. The van der Waals surface area contributed by atoms with Crippen molar-refractivity contribution >= 4 is 28.9 Å². The number of rotatable bonds is 5. The summed E-state index contributed by atoms with van der Waals surface area (Å²) in [6, 6.07) is 2.07. The van der Waals surface area contributed by atoms with E-state index in [1.807, 2.05) is 18.6 Å². The minimum atomic E-state index is 0.519. The second-order valence-electron chi connectivity index (χ2n) is 5.42. The molecule has 5 nitrogen and oxygen atoms in total. The van der Waals surface area contributed by atoms with Crippen molar-refractivity contribution in [2.24, 2.45) is 5.92 Å². The van der Waals surface area contributed by atoms with Gasteiger partial charge in [-0.1, -0.05) is 23.1 Å². The van der Waals surface area contributed by atoms with E-state index in [-0.39, 0.29) is 0 Å². The average Bonchev–Trinajstić information content (AvgIpc) is 3.06. The summed E-state index contributed by atoms with van der Waals surface area (Å²) in [6.45, 7) is 4.79. The highest BCUT2D eigenvalue weighted by molar-refractivity contribution is 7.98. The molecule has 0 amide bonds. The van der Waals surface area contributed by atoms with Gasteiger partial charge in [-0.2, -0.15) is 0 Å². The summed E-state index contributed by atoms with van der Waals surface area (Å²) in [5, 5.41) is 3.55. The highest BCUT2D eigenvalue weighted by atomic mass is 32.2. The van der Waals surface area contributed by atoms with Crippen molar-refractivity contribution in [1.82, 2.24) is 15.0 Å². The normalized spacial score (nSPS) is 18.5. The first-order chi connectivity index (χ1) is 10.7. The van der Waals surface area contributed by atoms with Crippen LogP contribution in [-0.2, 0) is 0 Å². The number of hydrogen-bond donors (Lipinski definition) is 0. The zero-order valence-corrected chi connectivity index (χ0v) is 14.5. The zero-order chi connectivity index (χ0) is 15.4. The summed E-state index contributed by atoms with van der Waals surface area (Å²) in [6.07, 6.45) is 6.16. The van der Waals surface area contributed by atoms with Crippen molar-refractivity contribution in [1.29, 1.82) is 0 Å². The van der Waals surface area contributed by atoms with Gasteiger partial charge < -0.3 is 9.64 Å². The van der Waals surface area contributed by atoms with Crippen LogP contribution in [0.25, 0.3) is 0 Å². The molecule has 22 heavy (non-hydrogen) atoms. The van der Waals surface area contributed by atoms with Crippen molar-refractivity contribution in [3.63, 3.8) is 0 Å². The molecule has 1 unspecified atom stereocenters. The number of anilines is 1. The maximum Gasteiger partial charge on any atom is 0.273 e. The van der Waals surface area contributed by atoms with E-state index in [1.54, 1.807) is 29.3 Å². The third-order valence-electron chi connectivity index (χ3n) is 3.70. The quantitative estimate of drug-likeness (QED) is 0.617. The lowest BCUT2D eigenvalue weighted by molar-refractivity contribution is 0.227. The zero-order valence-electron chi connectivity index (χ0n) is 12.9. The molecule has 0 aliphatic carbocycles. The molecule has 0 aromatic carbocycles. The number of piperidine rings is 1. The van der Waals surface area contributed by atoms with E-state index in [0.717, 1.165) is 41.6 Å². The first-order valence-electron chi connectivity index (χ1n) is 7.41. The first kappa shape index (κ1) is 15.6. The van der Waals surface area contributed by atoms with E-state index in [1.165, 1.54) is 12.8 Å².